The predicted octanol–water partition coefficient (Wildman–Crippen LogP) is 5.11. The van der Waals surface area contributed by atoms with Crippen LogP contribution in [-0.2, 0) is 9.53 Å². The van der Waals surface area contributed by atoms with Gasteiger partial charge < -0.3 is 4.74 Å². The van der Waals surface area contributed by atoms with Crippen molar-refractivity contribution in [2.24, 2.45) is 5.92 Å². The van der Waals surface area contributed by atoms with Crippen molar-refractivity contribution < 1.29 is 9.53 Å². The van der Waals surface area contributed by atoms with Gasteiger partial charge in [0.15, 0.2) is 0 Å². The number of hydrogen-bond donors (Lipinski definition) is 0. The summed E-state index contributed by atoms with van der Waals surface area (Å²) in [6.07, 6.45) is 11.3. The number of carbonyl (C=O) groups excluding carboxylic acids is 1. The molecule has 108 valence electrons. The number of carbonyl (C=O) groups is 1. The third-order valence-electron chi connectivity index (χ3n) is 3.17. The third kappa shape index (κ3) is 13.5. The van der Waals surface area contributed by atoms with Crippen molar-refractivity contribution in [2.45, 2.75) is 85.0 Å². The highest BCUT2D eigenvalue weighted by Gasteiger charge is 2.02. The second kappa shape index (κ2) is 12.9. The van der Waals surface area contributed by atoms with Crippen molar-refractivity contribution in [3.8, 4) is 0 Å². The average Bonchev–Trinajstić information content (AvgIpc) is 2.33. The smallest absolute Gasteiger partial charge is 0.305 e. The van der Waals surface area contributed by atoms with Crippen LogP contribution in [0.5, 0.6) is 0 Å². The van der Waals surface area contributed by atoms with Crippen molar-refractivity contribution in [3.05, 3.63) is 0 Å². The summed E-state index contributed by atoms with van der Waals surface area (Å²) >= 11 is 0. The average molecular weight is 256 g/mol. The van der Waals surface area contributed by atoms with Crippen molar-refractivity contribution in [3.63, 3.8) is 0 Å². The minimum atomic E-state index is -0.00430. The summed E-state index contributed by atoms with van der Waals surface area (Å²) in [6, 6.07) is 0. The van der Waals surface area contributed by atoms with Gasteiger partial charge in [0.2, 0.25) is 0 Å². The Balaban J connectivity index is 3.17. The van der Waals surface area contributed by atoms with Crippen LogP contribution >= 0.6 is 0 Å². The van der Waals surface area contributed by atoms with Gasteiger partial charge in [0.25, 0.3) is 0 Å². The molecule has 0 aliphatic carbocycles. The predicted molar refractivity (Wildman–Crippen MR) is 77.6 cm³/mol. The molecule has 0 aromatic rings. The van der Waals surface area contributed by atoms with Crippen molar-refractivity contribution in [2.75, 3.05) is 6.61 Å². The van der Waals surface area contributed by atoms with Crippen molar-refractivity contribution in [1.29, 1.82) is 0 Å². The fourth-order valence-corrected chi connectivity index (χ4v) is 1.96. The van der Waals surface area contributed by atoms with Gasteiger partial charge in [-0.1, -0.05) is 65.7 Å². The molecule has 18 heavy (non-hydrogen) atoms. The molecule has 0 saturated carbocycles. The van der Waals surface area contributed by atoms with Gasteiger partial charge in [-0.2, -0.15) is 0 Å². The third-order valence-corrected chi connectivity index (χ3v) is 3.17. The van der Waals surface area contributed by atoms with E-state index in [4.69, 9.17) is 4.74 Å². The van der Waals surface area contributed by atoms with E-state index in [9.17, 15) is 4.79 Å². The van der Waals surface area contributed by atoms with Crippen LogP contribution in [0.2, 0.25) is 0 Å². The quantitative estimate of drug-likeness (QED) is 0.358. The Morgan fingerprint density at radius 3 is 2.28 bits per heavy atom. The Morgan fingerprint density at radius 1 is 0.944 bits per heavy atom. The lowest BCUT2D eigenvalue weighted by Crippen LogP contribution is -2.05. The molecule has 0 radical (unpaired) electrons. The Kier molecular flexibility index (Phi) is 12.5. The molecule has 0 fully saturated rings. The fraction of sp³-hybridized carbons (Fsp3) is 0.938. The van der Waals surface area contributed by atoms with Gasteiger partial charge in [-0.3, -0.25) is 4.79 Å². The first kappa shape index (κ1) is 17.5. The molecule has 0 unspecified atom stereocenters. The largest absolute Gasteiger partial charge is 0.466 e. The molecule has 2 nitrogen and oxygen atoms in total. The van der Waals surface area contributed by atoms with E-state index in [2.05, 4.69) is 20.8 Å². The molecule has 0 heterocycles. The van der Waals surface area contributed by atoms with Crippen LogP contribution in [0.25, 0.3) is 0 Å². The summed E-state index contributed by atoms with van der Waals surface area (Å²) < 4.78 is 5.22. The van der Waals surface area contributed by atoms with Gasteiger partial charge >= 0.3 is 5.97 Å². The van der Waals surface area contributed by atoms with E-state index in [0.717, 1.165) is 25.2 Å². The Hall–Kier alpha value is -0.530. The first-order valence-corrected chi connectivity index (χ1v) is 7.82. The highest BCUT2D eigenvalue weighted by molar-refractivity contribution is 5.69. The summed E-state index contributed by atoms with van der Waals surface area (Å²) in [5.74, 6) is 0.783. The molecular formula is C16H32O2. The summed E-state index contributed by atoms with van der Waals surface area (Å²) in [6.45, 7) is 7.32. The molecule has 0 amide bonds. The molecule has 0 N–H and O–H groups in total. The summed E-state index contributed by atoms with van der Waals surface area (Å²) in [7, 11) is 0. The van der Waals surface area contributed by atoms with E-state index in [0.29, 0.717) is 13.0 Å². The zero-order chi connectivity index (χ0) is 13.6. The number of esters is 1. The van der Waals surface area contributed by atoms with Crippen LogP contribution in [-0.4, -0.2) is 12.6 Å². The fourth-order valence-electron chi connectivity index (χ4n) is 1.96. The maximum Gasteiger partial charge on any atom is 0.305 e. The van der Waals surface area contributed by atoms with E-state index < -0.39 is 0 Å². The molecule has 0 aliphatic rings. The molecule has 0 aromatic heterocycles. The molecule has 0 saturated heterocycles. The first-order valence-electron chi connectivity index (χ1n) is 7.82. The summed E-state index contributed by atoms with van der Waals surface area (Å²) in [5.41, 5.74) is 0. The maximum absolute atomic E-state index is 11.4. The molecule has 0 aromatic carbocycles. The Morgan fingerprint density at radius 2 is 1.61 bits per heavy atom. The molecule has 0 bridgehead atoms. The van der Waals surface area contributed by atoms with Gasteiger partial charge in [0.05, 0.1) is 6.61 Å². The highest BCUT2D eigenvalue weighted by Crippen LogP contribution is 2.09. The lowest BCUT2D eigenvalue weighted by atomic mass is 10.1. The minimum absolute atomic E-state index is 0.00430. The number of rotatable bonds is 12. The van der Waals surface area contributed by atoms with E-state index in [1.165, 1.54) is 38.5 Å². The van der Waals surface area contributed by atoms with E-state index >= 15 is 0 Å². The maximum atomic E-state index is 11.4. The molecule has 0 aliphatic heterocycles. The topological polar surface area (TPSA) is 26.3 Å². The molecule has 0 rings (SSSR count). The lowest BCUT2D eigenvalue weighted by Gasteiger charge is -2.06. The van der Waals surface area contributed by atoms with Gasteiger partial charge in [0, 0.05) is 6.42 Å². The van der Waals surface area contributed by atoms with Crippen molar-refractivity contribution >= 4 is 5.97 Å². The monoisotopic (exact) mass is 256 g/mol. The van der Waals surface area contributed by atoms with Gasteiger partial charge in [-0.15, -0.1) is 0 Å². The summed E-state index contributed by atoms with van der Waals surface area (Å²) in [5, 5.41) is 0. The number of ether oxygens (including phenoxy) is 1. The van der Waals surface area contributed by atoms with Crippen LogP contribution in [0.4, 0.5) is 0 Å². The van der Waals surface area contributed by atoms with Gasteiger partial charge in [-0.05, 0) is 18.8 Å². The van der Waals surface area contributed by atoms with Crippen LogP contribution in [0.3, 0.4) is 0 Å². The van der Waals surface area contributed by atoms with Gasteiger partial charge in [0.1, 0.15) is 0 Å². The van der Waals surface area contributed by atoms with E-state index in [1.807, 2.05) is 0 Å². The molecule has 2 heteroatoms. The number of unbranched alkanes of at least 4 members (excludes halogenated alkanes) is 6. The standard InChI is InChI=1S/C16H32O2/c1-4-5-6-7-10-13-16(17)18-14-11-8-9-12-15(2)3/h15H,4-14H2,1-3H3. The van der Waals surface area contributed by atoms with Crippen molar-refractivity contribution in [1.82, 2.24) is 0 Å². The molecular weight excluding hydrogens is 224 g/mol. The minimum Gasteiger partial charge on any atom is -0.466 e. The van der Waals surface area contributed by atoms with Crippen LogP contribution in [0, 0.1) is 5.92 Å². The second-order valence-electron chi connectivity index (χ2n) is 5.63. The first-order chi connectivity index (χ1) is 8.66. The van der Waals surface area contributed by atoms with E-state index in [-0.39, 0.29) is 5.97 Å². The molecule has 0 spiro atoms. The van der Waals surface area contributed by atoms with Crippen LogP contribution in [0.15, 0.2) is 0 Å². The van der Waals surface area contributed by atoms with E-state index in [1.54, 1.807) is 0 Å². The number of hydrogen-bond acceptors (Lipinski definition) is 2. The normalized spacial score (nSPS) is 10.9. The highest BCUT2D eigenvalue weighted by atomic mass is 16.5. The Bertz CT molecular complexity index is 188. The Labute approximate surface area is 113 Å². The van der Waals surface area contributed by atoms with Crippen LogP contribution in [0.1, 0.15) is 85.0 Å². The van der Waals surface area contributed by atoms with Gasteiger partial charge in [-0.25, -0.2) is 0 Å². The zero-order valence-electron chi connectivity index (χ0n) is 12.7. The van der Waals surface area contributed by atoms with Crippen LogP contribution < -0.4 is 0 Å². The summed E-state index contributed by atoms with van der Waals surface area (Å²) in [4.78, 5) is 11.4. The SMILES string of the molecule is CCCCCCCC(=O)OCCCCCC(C)C. The second-order valence-corrected chi connectivity index (χ2v) is 5.63. The lowest BCUT2D eigenvalue weighted by molar-refractivity contribution is -0.143. The zero-order valence-corrected chi connectivity index (χ0v) is 12.7. The molecule has 0 atom stereocenters.